The van der Waals surface area contributed by atoms with Gasteiger partial charge in [-0.1, -0.05) is 23.7 Å². The van der Waals surface area contributed by atoms with E-state index in [9.17, 15) is 4.79 Å². The molecule has 1 N–H and O–H groups in total. The molecule has 0 saturated carbocycles. The Labute approximate surface area is 171 Å². The van der Waals surface area contributed by atoms with Crippen LogP contribution in [0, 0.1) is 11.3 Å². The van der Waals surface area contributed by atoms with Crippen molar-refractivity contribution in [3.05, 3.63) is 111 Å². The molecular formula is C21H15ClN6O. The first-order valence-electron chi connectivity index (χ1n) is 8.81. The molecule has 0 bridgehead atoms. The number of hydrogen-bond acceptors (Lipinski definition) is 5. The van der Waals surface area contributed by atoms with Crippen molar-refractivity contribution in [3.8, 4) is 6.07 Å². The molecule has 8 heteroatoms. The van der Waals surface area contributed by atoms with E-state index in [4.69, 9.17) is 16.9 Å². The Balaban J connectivity index is 1.79. The third-order valence-electron chi connectivity index (χ3n) is 4.49. The number of nitriles is 1. The van der Waals surface area contributed by atoms with Crippen LogP contribution < -0.4 is 5.56 Å². The molecule has 4 rings (SSSR count). The lowest BCUT2D eigenvalue weighted by Crippen LogP contribution is -2.19. The van der Waals surface area contributed by atoms with Gasteiger partial charge in [-0.25, -0.2) is 9.97 Å². The van der Waals surface area contributed by atoms with Crippen LogP contribution in [0.15, 0.2) is 72.2 Å². The summed E-state index contributed by atoms with van der Waals surface area (Å²) < 4.78 is 1.95. The summed E-state index contributed by atoms with van der Waals surface area (Å²) in [7, 11) is 0. The normalized spacial score (nSPS) is 11.7. The summed E-state index contributed by atoms with van der Waals surface area (Å²) in [5.74, 6) is 0.779. The van der Waals surface area contributed by atoms with Crippen LogP contribution in [0.5, 0.6) is 0 Å². The number of hydrogen-bond donors (Lipinski definition) is 1. The van der Waals surface area contributed by atoms with E-state index in [1.165, 1.54) is 12.3 Å². The number of nitrogens with zero attached hydrogens (tertiary/aromatic N) is 5. The monoisotopic (exact) mass is 402 g/mol. The summed E-state index contributed by atoms with van der Waals surface area (Å²) in [5.41, 5.74) is 2.74. The number of benzene rings is 1. The molecule has 1 atom stereocenters. The average Bonchev–Trinajstić information content (AvgIpc) is 3.17. The molecule has 3 aromatic heterocycles. The van der Waals surface area contributed by atoms with Crippen molar-refractivity contribution < 1.29 is 0 Å². The molecule has 0 saturated heterocycles. The number of aromatic nitrogens is 5. The van der Waals surface area contributed by atoms with Crippen molar-refractivity contribution >= 4 is 11.6 Å². The Morgan fingerprint density at radius 3 is 2.76 bits per heavy atom. The topological polar surface area (TPSA) is 100 Å². The van der Waals surface area contributed by atoms with Gasteiger partial charge in [0.2, 0.25) is 5.56 Å². The third kappa shape index (κ3) is 4.08. The van der Waals surface area contributed by atoms with Gasteiger partial charge in [-0.15, -0.1) is 0 Å². The van der Waals surface area contributed by atoms with Gasteiger partial charge in [-0.3, -0.25) is 9.78 Å². The lowest BCUT2D eigenvalue weighted by molar-refractivity contribution is 0.622. The van der Waals surface area contributed by atoms with Gasteiger partial charge < -0.3 is 9.55 Å². The molecule has 4 aromatic rings. The second kappa shape index (κ2) is 8.09. The van der Waals surface area contributed by atoms with Crippen LogP contribution in [0.4, 0.5) is 0 Å². The maximum Gasteiger partial charge on any atom is 0.248 e. The Kier molecular flexibility index (Phi) is 5.18. The standard InChI is InChI=1S/C21H15ClN6O/c22-18-13-24-12-17(27-18)21(16-5-6-26-20(29)10-16)28-8-7-25-19(28)9-14-1-3-15(11-23)4-2-14/h1-8,10,12-13,21H,9H2,(H,26,29). The van der Waals surface area contributed by atoms with Crippen molar-refractivity contribution in [2.45, 2.75) is 12.5 Å². The predicted molar refractivity (Wildman–Crippen MR) is 108 cm³/mol. The molecule has 0 spiro atoms. The van der Waals surface area contributed by atoms with E-state index in [2.05, 4.69) is 26.0 Å². The highest BCUT2D eigenvalue weighted by Gasteiger charge is 2.22. The summed E-state index contributed by atoms with van der Waals surface area (Å²) in [6, 6.07) is 12.4. The molecule has 0 aliphatic rings. The molecule has 0 aliphatic carbocycles. The van der Waals surface area contributed by atoms with Gasteiger partial charge in [-0.2, -0.15) is 5.26 Å². The van der Waals surface area contributed by atoms with Crippen LogP contribution in [0.1, 0.15) is 34.3 Å². The number of H-pyrrole nitrogens is 1. The maximum atomic E-state index is 11.9. The minimum atomic E-state index is -0.417. The second-order valence-corrected chi connectivity index (χ2v) is 6.78. The lowest BCUT2D eigenvalue weighted by Gasteiger charge is -2.21. The Hall–Kier alpha value is -3.76. The lowest BCUT2D eigenvalue weighted by atomic mass is 10.0. The summed E-state index contributed by atoms with van der Waals surface area (Å²) in [6.45, 7) is 0. The molecule has 0 fully saturated rings. The van der Waals surface area contributed by atoms with Crippen molar-refractivity contribution in [1.82, 2.24) is 24.5 Å². The molecule has 0 radical (unpaired) electrons. The van der Waals surface area contributed by atoms with Crippen LogP contribution in [0.3, 0.4) is 0 Å². The predicted octanol–water partition coefficient (Wildman–Crippen LogP) is 3.11. The van der Waals surface area contributed by atoms with E-state index < -0.39 is 6.04 Å². The minimum absolute atomic E-state index is 0.212. The van der Waals surface area contributed by atoms with Gasteiger partial charge in [0.15, 0.2) is 0 Å². The molecule has 1 unspecified atom stereocenters. The molecule has 142 valence electrons. The summed E-state index contributed by atoms with van der Waals surface area (Å²) in [4.78, 5) is 27.6. The van der Waals surface area contributed by atoms with E-state index >= 15 is 0 Å². The van der Waals surface area contributed by atoms with Crippen LogP contribution in [0.2, 0.25) is 5.15 Å². The smallest absolute Gasteiger partial charge is 0.248 e. The first-order chi connectivity index (χ1) is 14.1. The molecular weight excluding hydrogens is 388 g/mol. The number of aromatic amines is 1. The number of nitrogens with one attached hydrogen (secondary N) is 1. The molecule has 3 heterocycles. The van der Waals surface area contributed by atoms with Crippen LogP contribution in [-0.2, 0) is 6.42 Å². The van der Waals surface area contributed by atoms with Gasteiger partial charge in [0.1, 0.15) is 17.0 Å². The van der Waals surface area contributed by atoms with Crippen molar-refractivity contribution in [2.24, 2.45) is 0 Å². The highest BCUT2D eigenvalue weighted by Crippen LogP contribution is 2.27. The van der Waals surface area contributed by atoms with Gasteiger partial charge in [0.05, 0.1) is 29.7 Å². The molecule has 0 aliphatic heterocycles. The zero-order valence-corrected chi connectivity index (χ0v) is 15.9. The molecule has 29 heavy (non-hydrogen) atoms. The van der Waals surface area contributed by atoms with Crippen molar-refractivity contribution in [1.29, 1.82) is 5.26 Å². The highest BCUT2D eigenvalue weighted by atomic mass is 35.5. The fraction of sp³-hybridized carbons (Fsp3) is 0.0952. The van der Waals surface area contributed by atoms with E-state index in [1.54, 1.807) is 30.7 Å². The largest absolute Gasteiger partial charge is 0.329 e. The van der Waals surface area contributed by atoms with Crippen LogP contribution >= 0.6 is 11.6 Å². The summed E-state index contributed by atoms with van der Waals surface area (Å²) >= 11 is 6.07. The zero-order chi connectivity index (χ0) is 20.2. The van der Waals surface area contributed by atoms with Gasteiger partial charge in [0.25, 0.3) is 0 Å². The van der Waals surface area contributed by atoms with Gasteiger partial charge in [-0.05, 0) is 29.3 Å². The van der Waals surface area contributed by atoms with E-state index in [0.717, 1.165) is 17.0 Å². The first kappa shape index (κ1) is 18.6. The number of pyridine rings is 1. The van der Waals surface area contributed by atoms with Crippen molar-refractivity contribution in [3.63, 3.8) is 0 Å². The molecule has 1 aromatic carbocycles. The van der Waals surface area contributed by atoms with Crippen molar-refractivity contribution in [2.75, 3.05) is 0 Å². The number of rotatable bonds is 5. The minimum Gasteiger partial charge on any atom is -0.329 e. The highest BCUT2D eigenvalue weighted by molar-refractivity contribution is 6.29. The average molecular weight is 403 g/mol. The Bertz CT molecular complexity index is 1240. The van der Waals surface area contributed by atoms with Gasteiger partial charge in [0, 0.05) is 31.1 Å². The maximum absolute atomic E-state index is 11.9. The summed E-state index contributed by atoms with van der Waals surface area (Å²) in [6.07, 6.45) is 8.78. The number of imidazole rings is 1. The SMILES string of the molecule is N#Cc1ccc(Cc2nccn2C(c2cc[nH]c(=O)c2)c2cncc(Cl)n2)cc1. The first-order valence-corrected chi connectivity index (χ1v) is 9.18. The van der Waals surface area contributed by atoms with E-state index in [0.29, 0.717) is 17.7 Å². The van der Waals surface area contributed by atoms with Crippen LogP contribution in [-0.4, -0.2) is 24.5 Å². The van der Waals surface area contributed by atoms with Crippen LogP contribution in [0.25, 0.3) is 0 Å². The quantitative estimate of drug-likeness (QED) is 0.552. The van der Waals surface area contributed by atoms with E-state index in [-0.39, 0.29) is 10.7 Å². The zero-order valence-electron chi connectivity index (χ0n) is 15.2. The fourth-order valence-corrected chi connectivity index (χ4v) is 3.34. The summed E-state index contributed by atoms with van der Waals surface area (Å²) in [5, 5.41) is 9.25. The fourth-order valence-electron chi connectivity index (χ4n) is 3.19. The Morgan fingerprint density at radius 1 is 1.21 bits per heavy atom. The second-order valence-electron chi connectivity index (χ2n) is 6.39. The third-order valence-corrected chi connectivity index (χ3v) is 4.67. The van der Waals surface area contributed by atoms with E-state index in [1.807, 2.05) is 29.0 Å². The number of halogens is 1. The molecule has 0 amide bonds. The Morgan fingerprint density at radius 2 is 2.03 bits per heavy atom. The molecule has 7 nitrogen and oxygen atoms in total. The van der Waals surface area contributed by atoms with Gasteiger partial charge >= 0.3 is 0 Å².